The molecule has 1 N–H and O–H groups in total. The number of anilines is 1. The second-order valence-corrected chi connectivity index (χ2v) is 5.81. The van der Waals surface area contributed by atoms with Gasteiger partial charge < -0.3 is 5.32 Å². The van der Waals surface area contributed by atoms with Crippen LogP contribution in [0, 0.1) is 5.92 Å². The SMILES string of the molecule is C/C(=C\Nc1ccccn1)C1CC(=O)N(Cc2ccccc2)C1=O. The number of hydrogen-bond donors (Lipinski definition) is 1. The van der Waals surface area contributed by atoms with E-state index in [2.05, 4.69) is 10.3 Å². The molecular formula is C19H19N3O2. The number of imide groups is 1. The van der Waals surface area contributed by atoms with Gasteiger partial charge >= 0.3 is 0 Å². The zero-order valence-electron chi connectivity index (χ0n) is 13.5. The third kappa shape index (κ3) is 3.51. The van der Waals surface area contributed by atoms with Crippen molar-refractivity contribution in [3.8, 4) is 0 Å². The Morgan fingerprint density at radius 3 is 2.67 bits per heavy atom. The average molecular weight is 321 g/mol. The van der Waals surface area contributed by atoms with Crippen LogP contribution >= 0.6 is 0 Å². The summed E-state index contributed by atoms with van der Waals surface area (Å²) in [6, 6.07) is 15.1. The summed E-state index contributed by atoms with van der Waals surface area (Å²) in [5, 5.41) is 3.07. The van der Waals surface area contributed by atoms with Crippen LogP contribution in [0.15, 0.2) is 66.5 Å². The number of pyridine rings is 1. The largest absolute Gasteiger partial charge is 0.347 e. The van der Waals surface area contributed by atoms with E-state index < -0.39 is 5.92 Å². The van der Waals surface area contributed by atoms with Crippen molar-refractivity contribution in [2.45, 2.75) is 19.9 Å². The summed E-state index contributed by atoms with van der Waals surface area (Å²) in [5.74, 6) is 0.0343. The molecule has 1 aliphatic rings. The van der Waals surface area contributed by atoms with Gasteiger partial charge in [0.05, 0.1) is 12.5 Å². The molecule has 5 heteroatoms. The van der Waals surface area contributed by atoms with Gasteiger partial charge in [-0.1, -0.05) is 36.4 Å². The van der Waals surface area contributed by atoms with Crippen molar-refractivity contribution in [2.24, 2.45) is 5.92 Å². The lowest BCUT2D eigenvalue weighted by molar-refractivity contribution is -0.139. The number of rotatable bonds is 5. The molecule has 2 amide bonds. The summed E-state index contributed by atoms with van der Waals surface area (Å²) in [7, 11) is 0. The number of nitrogens with one attached hydrogen (secondary N) is 1. The molecular weight excluding hydrogens is 302 g/mol. The topological polar surface area (TPSA) is 62.3 Å². The maximum atomic E-state index is 12.6. The van der Waals surface area contributed by atoms with Crippen LogP contribution < -0.4 is 5.32 Å². The highest BCUT2D eigenvalue weighted by molar-refractivity contribution is 6.04. The van der Waals surface area contributed by atoms with Crippen LogP contribution in [0.5, 0.6) is 0 Å². The molecule has 1 unspecified atom stereocenters. The lowest BCUT2D eigenvalue weighted by atomic mass is 10.00. The minimum atomic E-state index is -0.405. The van der Waals surface area contributed by atoms with E-state index in [9.17, 15) is 9.59 Å². The Bertz CT molecular complexity index is 757. The van der Waals surface area contributed by atoms with Crippen molar-refractivity contribution in [1.82, 2.24) is 9.88 Å². The molecule has 1 fully saturated rings. The number of benzene rings is 1. The summed E-state index contributed by atoms with van der Waals surface area (Å²) >= 11 is 0. The van der Waals surface area contributed by atoms with Crippen LogP contribution in [0.1, 0.15) is 18.9 Å². The monoisotopic (exact) mass is 321 g/mol. The van der Waals surface area contributed by atoms with Gasteiger partial charge in [-0.05, 0) is 30.2 Å². The fraction of sp³-hybridized carbons (Fsp3) is 0.211. The highest BCUT2D eigenvalue weighted by atomic mass is 16.2. The van der Waals surface area contributed by atoms with Crippen molar-refractivity contribution in [3.63, 3.8) is 0 Å². The molecule has 1 saturated heterocycles. The Hall–Kier alpha value is -2.95. The second kappa shape index (κ2) is 7.08. The standard InChI is InChI=1S/C19H19N3O2/c1-14(12-21-17-9-5-6-10-20-17)16-11-18(23)22(19(16)24)13-15-7-3-2-4-8-15/h2-10,12,16H,11,13H2,1H3,(H,20,21)/b14-12+. The minimum Gasteiger partial charge on any atom is -0.347 e. The summed E-state index contributed by atoms with van der Waals surface area (Å²) in [4.78, 5) is 30.3. The molecule has 3 rings (SSSR count). The number of carbonyl (C=O) groups excluding carboxylic acids is 2. The predicted octanol–water partition coefficient (Wildman–Crippen LogP) is 2.97. The van der Waals surface area contributed by atoms with Gasteiger partial charge in [-0.25, -0.2) is 4.98 Å². The van der Waals surface area contributed by atoms with Crippen molar-refractivity contribution < 1.29 is 9.59 Å². The summed E-state index contributed by atoms with van der Waals surface area (Å²) < 4.78 is 0. The molecule has 0 aliphatic carbocycles. The molecule has 0 spiro atoms. The summed E-state index contributed by atoms with van der Waals surface area (Å²) in [6.45, 7) is 2.19. The molecule has 5 nitrogen and oxygen atoms in total. The molecule has 122 valence electrons. The van der Waals surface area contributed by atoms with Crippen LogP contribution in [0.25, 0.3) is 0 Å². The van der Waals surface area contributed by atoms with Gasteiger partial charge in [-0.15, -0.1) is 0 Å². The zero-order valence-corrected chi connectivity index (χ0v) is 13.5. The third-order valence-corrected chi connectivity index (χ3v) is 4.09. The first kappa shape index (κ1) is 15.9. The van der Waals surface area contributed by atoms with E-state index in [1.807, 2.05) is 55.5 Å². The van der Waals surface area contributed by atoms with Crippen LogP contribution in [-0.4, -0.2) is 21.7 Å². The fourth-order valence-electron chi connectivity index (χ4n) is 2.71. The first-order valence-electron chi connectivity index (χ1n) is 7.87. The molecule has 0 saturated carbocycles. The number of carbonyl (C=O) groups is 2. The van der Waals surface area contributed by atoms with Crippen LogP contribution in [0.4, 0.5) is 5.82 Å². The molecule has 24 heavy (non-hydrogen) atoms. The first-order valence-corrected chi connectivity index (χ1v) is 7.87. The normalized spacial score (nSPS) is 18.1. The molecule has 2 aromatic rings. The van der Waals surface area contributed by atoms with Crippen molar-refractivity contribution in [1.29, 1.82) is 0 Å². The smallest absolute Gasteiger partial charge is 0.237 e. The van der Waals surface area contributed by atoms with E-state index >= 15 is 0 Å². The van der Waals surface area contributed by atoms with Crippen molar-refractivity contribution >= 4 is 17.6 Å². The van der Waals surface area contributed by atoms with Crippen molar-refractivity contribution in [2.75, 3.05) is 5.32 Å². The molecule has 1 aliphatic heterocycles. The summed E-state index contributed by atoms with van der Waals surface area (Å²) in [6.07, 6.45) is 3.67. The number of aromatic nitrogens is 1. The highest BCUT2D eigenvalue weighted by Gasteiger charge is 2.39. The van der Waals surface area contributed by atoms with E-state index in [0.717, 1.165) is 11.1 Å². The van der Waals surface area contributed by atoms with E-state index in [1.165, 1.54) is 4.90 Å². The Balaban J connectivity index is 1.69. The van der Waals surface area contributed by atoms with Crippen molar-refractivity contribution in [3.05, 3.63) is 72.1 Å². The van der Waals surface area contributed by atoms with E-state index in [0.29, 0.717) is 12.4 Å². The molecule has 1 atom stereocenters. The minimum absolute atomic E-state index is 0.126. The van der Waals surface area contributed by atoms with Gasteiger partial charge in [0.2, 0.25) is 11.8 Å². The number of likely N-dealkylation sites (tertiary alicyclic amines) is 1. The van der Waals surface area contributed by atoms with Gasteiger partial charge in [0, 0.05) is 18.8 Å². The van der Waals surface area contributed by atoms with E-state index in [-0.39, 0.29) is 18.2 Å². The summed E-state index contributed by atoms with van der Waals surface area (Å²) in [5.41, 5.74) is 1.78. The molecule has 2 heterocycles. The van der Waals surface area contributed by atoms with Gasteiger partial charge in [0.1, 0.15) is 5.82 Å². The second-order valence-electron chi connectivity index (χ2n) is 5.81. The van der Waals surface area contributed by atoms with E-state index in [1.54, 1.807) is 12.4 Å². The maximum Gasteiger partial charge on any atom is 0.237 e. The fourth-order valence-corrected chi connectivity index (χ4v) is 2.71. The van der Waals surface area contributed by atoms with Gasteiger partial charge in [0.15, 0.2) is 0 Å². The molecule has 1 aromatic carbocycles. The number of hydrogen-bond acceptors (Lipinski definition) is 4. The van der Waals surface area contributed by atoms with Crippen LogP contribution in [-0.2, 0) is 16.1 Å². The average Bonchev–Trinajstić information content (AvgIpc) is 2.90. The van der Waals surface area contributed by atoms with Gasteiger partial charge in [-0.3, -0.25) is 14.5 Å². The quantitative estimate of drug-likeness (QED) is 0.860. The Morgan fingerprint density at radius 2 is 1.96 bits per heavy atom. The Labute approximate surface area is 141 Å². The molecule has 0 bridgehead atoms. The molecule has 0 radical (unpaired) electrons. The highest BCUT2D eigenvalue weighted by Crippen LogP contribution is 2.27. The van der Waals surface area contributed by atoms with Gasteiger partial charge in [-0.2, -0.15) is 0 Å². The zero-order chi connectivity index (χ0) is 16.9. The van der Waals surface area contributed by atoms with Crippen LogP contribution in [0.3, 0.4) is 0 Å². The first-order chi connectivity index (χ1) is 11.6. The predicted molar refractivity (Wildman–Crippen MR) is 91.7 cm³/mol. The Morgan fingerprint density at radius 1 is 1.21 bits per heavy atom. The lowest BCUT2D eigenvalue weighted by Gasteiger charge is -2.15. The van der Waals surface area contributed by atoms with E-state index in [4.69, 9.17) is 0 Å². The number of nitrogens with zero attached hydrogens (tertiary/aromatic N) is 2. The maximum absolute atomic E-state index is 12.6. The van der Waals surface area contributed by atoms with Crippen LogP contribution in [0.2, 0.25) is 0 Å². The van der Waals surface area contributed by atoms with Gasteiger partial charge in [0.25, 0.3) is 0 Å². The number of amides is 2. The molecule has 1 aromatic heterocycles. The Kier molecular flexibility index (Phi) is 4.70. The lowest BCUT2D eigenvalue weighted by Crippen LogP contribution is -2.30. The third-order valence-electron chi connectivity index (χ3n) is 4.09.